The third kappa shape index (κ3) is 6.82. The van der Waals surface area contributed by atoms with Crippen LogP contribution in [0.1, 0.15) is 19.8 Å². The molecule has 0 saturated heterocycles. The molecule has 0 N–H and O–H groups in total. The van der Waals surface area contributed by atoms with Crippen LogP contribution in [-0.2, 0) is 13.3 Å². The Morgan fingerprint density at radius 3 is 1.74 bits per heavy atom. The summed E-state index contributed by atoms with van der Waals surface area (Å²) >= 11 is 0. The molecule has 112 valence electrons. The fourth-order valence-corrected chi connectivity index (χ4v) is 4.91. The zero-order valence-electron chi connectivity index (χ0n) is 13.4. The summed E-state index contributed by atoms with van der Waals surface area (Å²) in [6.45, 7) is 18.9. The summed E-state index contributed by atoms with van der Waals surface area (Å²) < 4.78 is 18.3. The van der Waals surface area contributed by atoms with Crippen LogP contribution < -0.4 is 0 Å². The van der Waals surface area contributed by atoms with Crippen molar-refractivity contribution in [1.29, 1.82) is 0 Å². The first kappa shape index (κ1) is 19.0. The largest absolute Gasteiger partial charge is 0.423 e. The topological polar surface area (TPSA) is 27.7 Å². The molecule has 0 spiro atoms. The molecule has 0 unspecified atom stereocenters. The molecule has 0 aliphatic heterocycles. The van der Waals surface area contributed by atoms with Crippen molar-refractivity contribution in [2.24, 2.45) is 0 Å². The van der Waals surface area contributed by atoms with Crippen molar-refractivity contribution >= 4 is 27.1 Å². The fraction of sp³-hybridized carbons (Fsp3) is 0.692. The van der Waals surface area contributed by atoms with Crippen molar-refractivity contribution in [2.75, 3.05) is 6.61 Å². The zero-order chi connectivity index (χ0) is 15.2. The molecule has 0 aromatic heterocycles. The van der Waals surface area contributed by atoms with Crippen molar-refractivity contribution in [1.82, 2.24) is 0 Å². The fourth-order valence-electron chi connectivity index (χ4n) is 1.90. The minimum atomic E-state index is -1.94. The van der Waals surface area contributed by atoms with Crippen molar-refractivity contribution in [3.05, 3.63) is 24.6 Å². The van der Waals surface area contributed by atoms with Gasteiger partial charge in [0.15, 0.2) is 5.79 Å². The van der Waals surface area contributed by atoms with Crippen LogP contribution in [0.2, 0.25) is 26.2 Å². The minimum Gasteiger partial charge on any atom is -0.423 e. The summed E-state index contributed by atoms with van der Waals surface area (Å²) in [4.78, 5) is 0. The van der Waals surface area contributed by atoms with E-state index in [0.29, 0.717) is 17.1 Å². The van der Waals surface area contributed by atoms with Gasteiger partial charge in [0.1, 0.15) is 10.5 Å². The Morgan fingerprint density at radius 1 is 1.05 bits per heavy atom. The number of rotatable bonds is 10. The molecule has 0 saturated carbocycles. The number of hydrogen-bond acceptors (Lipinski definition) is 3. The Balaban J connectivity index is 5.28. The predicted octanol–water partition coefficient (Wildman–Crippen LogP) is 2.67. The van der Waals surface area contributed by atoms with E-state index < -0.39 is 22.4 Å². The molecule has 0 rings (SSSR count). The molecule has 0 aromatic rings. The predicted molar refractivity (Wildman–Crippen MR) is 91.1 cm³/mol. The summed E-state index contributed by atoms with van der Waals surface area (Å²) in [5.41, 5.74) is 3.88. The van der Waals surface area contributed by atoms with Crippen LogP contribution in [0.5, 0.6) is 0 Å². The molecule has 0 aliphatic carbocycles. The second-order valence-electron chi connectivity index (χ2n) is 5.91. The van der Waals surface area contributed by atoms with Crippen molar-refractivity contribution in [2.45, 2.75) is 51.7 Å². The van der Waals surface area contributed by atoms with Gasteiger partial charge in [-0.15, -0.1) is 13.2 Å². The van der Waals surface area contributed by atoms with E-state index in [0.717, 1.165) is 12.8 Å². The first-order chi connectivity index (χ1) is 8.66. The molecule has 0 aliphatic rings. The van der Waals surface area contributed by atoms with Gasteiger partial charge >= 0.3 is 0 Å². The molecule has 0 amide bonds. The first-order valence-electron chi connectivity index (χ1n) is 6.82. The lowest BCUT2D eigenvalue weighted by Crippen LogP contribution is -2.53. The van der Waals surface area contributed by atoms with Gasteiger partial charge in [-0.25, -0.2) is 0 Å². The third-order valence-corrected chi connectivity index (χ3v) is 6.93. The normalized spacial score (nSPS) is 13.5. The van der Waals surface area contributed by atoms with Gasteiger partial charge in [0.2, 0.25) is 16.6 Å². The van der Waals surface area contributed by atoms with E-state index in [2.05, 4.69) is 46.3 Å². The second kappa shape index (κ2) is 7.70. The van der Waals surface area contributed by atoms with Gasteiger partial charge in [0.25, 0.3) is 0 Å². The van der Waals surface area contributed by atoms with E-state index in [1.54, 1.807) is 0 Å². The van der Waals surface area contributed by atoms with Crippen LogP contribution in [0, 0.1) is 0 Å². The van der Waals surface area contributed by atoms with Crippen molar-refractivity contribution in [3.63, 3.8) is 0 Å². The van der Waals surface area contributed by atoms with Gasteiger partial charge in [0.05, 0.1) is 6.61 Å². The highest BCUT2D eigenvalue weighted by atomic mass is 28.4. The highest BCUT2D eigenvalue weighted by Crippen LogP contribution is 2.29. The highest BCUT2D eigenvalue weighted by Gasteiger charge is 2.41. The SMILES string of the molecule is C=C[Si](C)(C)OC(CCC)(CO[SiH3])O[Si](C)(C)C=C. The van der Waals surface area contributed by atoms with Gasteiger partial charge < -0.3 is 13.3 Å². The van der Waals surface area contributed by atoms with Crippen LogP contribution >= 0.6 is 0 Å². The summed E-state index contributed by atoms with van der Waals surface area (Å²) in [6.07, 6.45) is 1.83. The van der Waals surface area contributed by atoms with Gasteiger partial charge in [-0.05, 0) is 26.2 Å². The molecule has 0 fully saturated rings. The average molecular weight is 319 g/mol. The summed E-state index contributed by atoms with van der Waals surface area (Å²) in [5, 5.41) is 0. The molecule has 19 heavy (non-hydrogen) atoms. The third-order valence-electron chi connectivity index (χ3n) is 2.88. The van der Waals surface area contributed by atoms with Crippen LogP contribution in [0.3, 0.4) is 0 Å². The Morgan fingerprint density at radius 2 is 1.47 bits per heavy atom. The van der Waals surface area contributed by atoms with Gasteiger partial charge in [0, 0.05) is 6.42 Å². The molecule has 0 heterocycles. The molecular weight excluding hydrogens is 288 g/mol. The van der Waals surface area contributed by atoms with Gasteiger partial charge in [-0.1, -0.05) is 24.7 Å². The van der Waals surface area contributed by atoms with Crippen LogP contribution in [-0.4, -0.2) is 39.5 Å². The van der Waals surface area contributed by atoms with Crippen molar-refractivity contribution in [3.8, 4) is 0 Å². The summed E-state index contributed by atoms with van der Waals surface area (Å²) in [5.74, 6) is -0.635. The van der Waals surface area contributed by atoms with Crippen LogP contribution in [0.15, 0.2) is 24.6 Å². The monoisotopic (exact) mass is 318 g/mol. The van der Waals surface area contributed by atoms with E-state index in [9.17, 15) is 0 Å². The molecule has 0 bridgehead atoms. The molecule has 3 nitrogen and oxygen atoms in total. The lowest BCUT2D eigenvalue weighted by atomic mass is 10.2. The molecule has 6 heteroatoms. The maximum absolute atomic E-state index is 6.38. The van der Waals surface area contributed by atoms with Gasteiger partial charge in [-0.2, -0.15) is 0 Å². The first-order valence-corrected chi connectivity index (χ1v) is 13.6. The Hall–Kier alpha value is 0.0106. The van der Waals surface area contributed by atoms with Gasteiger partial charge in [-0.3, -0.25) is 0 Å². The summed E-state index contributed by atoms with van der Waals surface area (Å²) in [6, 6.07) is 0. The zero-order valence-corrected chi connectivity index (χ0v) is 17.4. The minimum absolute atomic E-state index is 0.502. The van der Waals surface area contributed by atoms with E-state index in [1.807, 2.05) is 11.4 Å². The Kier molecular flexibility index (Phi) is 7.71. The smallest absolute Gasteiger partial charge is 0.214 e. The quantitative estimate of drug-likeness (QED) is 0.458. The maximum Gasteiger partial charge on any atom is 0.214 e. The second-order valence-corrected chi connectivity index (χ2v) is 14.1. The standard InChI is InChI=1S/C13H30O3Si3/c1-8-11-13(12-14-17,15-18(4,5)9-2)16-19(6,7)10-3/h9-10H,2-3,8,11-12H2,1,4-7,17H3. The average Bonchev–Trinajstić information content (AvgIpc) is 2.28. The highest BCUT2D eigenvalue weighted by molar-refractivity contribution is 6.77. The molecule has 0 atom stereocenters. The molecule has 0 aromatic carbocycles. The Labute approximate surface area is 123 Å². The lowest BCUT2D eigenvalue weighted by molar-refractivity contribution is -0.153. The maximum atomic E-state index is 6.38. The lowest BCUT2D eigenvalue weighted by Gasteiger charge is -2.42. The van der Waals surface area contributed by atoms with E-state index >= 15 is 0 Å². The molecular formula is C13H30O3Si3. The van der Waals surface area contributed by atoms with Crippen LogP contribution in [0.25, 0.3) is 0 Å². The number of hydrogen-bond donors (Lipinski definition) is 0. The van der Waals surface area contributed by atoms with Crippen molar-refractivity contribution < 1.29 is 13.3 Å². The molecule has 0 radical (unpaired) electrons. The van der Waals surface area contributed by atoms with E-state index in [4.69, 9.17) is 13.3 Å². The van der Waals surface area contributed by atoms with E-state index in [1.165, 1.54) is 0 Å². The summed E-state index contributed by atoms with van der Waals surface area (Å²) in [7, 11) is -3.19. The van der Waals surface area contributed by atoms with Crippen LogP contribution in [0.4, 0.5) is 0 Å². The Bertz CT molecular complexity index is 274. The van der Waals surface area contributed by atoms with E-state index in [-0.39, 0.29) is 0 Å².